The third-order valence-corrected chi connectivity index (χ3v) is 2.21. The van der Waals surface area contributed by atoms with Gasteiger partial charge < -0.3 is 0 Å². The Morgan fingerprint density at radius 1 is 1.40 bits per heavy atom. The van der Waals surface area contributed by atoms with E-state index >= 15 is 0 Å². The third kappa shape index (κ3) is 3.06. The van der Waals surface area contributed by atoms with Crippen LogP contribution >= 0.6 is 34.8 Å². The molecule has 0 aliphatic heterocycles. The second kappa shape index (κ2) is 5.31. The van der Waals surface area contributed by atoms with Crippen LogP contribution in [0.1, 0.15) is 5.69 Å². The molecule has 0 saturated carbocycles. The van der Waals surface area contributed by atoms with E-state index in [2.05, 4.69) is 23.1 Å². The lowest BCUT2D eigenvalue weighted by atomic mass is 10.1. The lowest BCUT2D eigenvalue weighted by Gasteiger charge is -2.05. The largest absolute Gasteiger partial charge is 0.225 e. The minimum Gasteiger partial charge on any atom is -0.225 e. The molecule has 0 saturated heterocycles. The zero-order valence-corrected chi connectivity index (χ0v) is 9.94. The molecule has 0 spiro atoms. The lowest BCUT2D eigenvalue weighted by molar-refractivity contribution is 1.14. The van der Waals surface area contributed by atoms with Gasteiger partial charge in [0.05, 0.1) is 16.9 Å². The molecule has 0 fully saturated rings. The van der Waals surface area contributed by atoms with E-state index in [0.717, 1.165) is 0 Å². The molecule has 1 aromatic rings. The van der Waals surface area contributed by atoms with Gasteiger partial charge in [-0.3, -0.25) is 0 Å². The van der Waals surface area contributed by atoms with Gasteiger partial charge in [0.1, 0.15) is 0 Å². The van der Waals surface area contributed by atoms with Crippen LogP contribution in [0.25, 0.3) is 5.57 Å². The SMILES string of the molecule is C=C/C=C(\C(=C)Cl)c1nc(Cl)ncc1Cl. The van der Waals surface area contributed by atoms with E-state index in [-0.39, 0.29) is 5.28 Å². The summed E-state index contributed by atoms with van der Waals surface area (Å²) in [7, 11) is 0. The summed E-state index contributed by atoms with van der Waals surface area (Å²) >= 11 is 17.4. The standard InChI is InChI=1S/C10H7Cl3N2/c1-3-4-7(6(2)11)9-8(12)5-14-10(13)15-9/h3-5H,1-2H2/b7-4+. The minimum absolute atomic E-state index is 0.0993. The average molecular weight is 262 g/mol. The average Bonchev–Trinajstić information content (AvgIpc) is 2.18. The van der Waals surface area contributed by atoms with E-state index in [0.29, 0.717) is 21.3 Å². The van der Waals surface area contributed by atoms with Gasteiger partial charge in [0, 0.05) is 10.6 Å². The topological polar surface area (TPSA) is 25.8 Å². The van der Waals surface area contributed by atoms with Crippen LogP contribution in [0.5, 0.6) is 0 Å². The summed E-state index contributed by atoms with van der Waals surface area (Å²) in [4.78, 5) is 7.71. The maximum absolute atomic E-state index is 5.91. The molecule has 0 radical (unpaired) electrons. The van der Waals surface area contributed by atoms with Crippen molar-refractivity contribution in [3.05, 3.63) is 52.5 Å². The fraction of sp³-hybridized carbons (Fsp3) is 0. The van der Waals surface area contributed by atoms with Crippen LogP contribution in [0.2, 0.25) is 10.3 Å². The van der Waals surface area contributed by atoms with Crippen LogP contribution in [-0.2, 0) is 0 Å². The summed E-state index contributed by atoms with van der Waals surface area (Å²) in [6, 6.07) is 0. The van der Waals surface area contributed by atoms with Crippen LogP contribution in [-0.4, -0.2) is 9.97 Å². The van der Waals surface area contributed by atoms with Gasteiger partial charge in [-0.2, -0.15) is 0 Å². The zero-order chi connectivity index (χ0) is 11.4. The maximum atomic E-state index is 5.91. The minimum atomic E-state index is 0.0993. The Kier molecular flexibility index (Phi) is 4.33. The molecule has 15 heavy (non-hydrogen) atoms. The van der Waals surface area contributed by atoms with Crippen molar-refractivity contribution < 1.29 is 0 Å². The Morgan fingerprint density at radius 2 is 2.07 bits per heavy atom. The van der Waals surface area contributed by atoms with E-state index in [1.807, 2.05) is 0 Å². The molecule has 78 valence electrons. The monoisotopic (exact) mass is 260 g/mol. The maximum Gasteiger partial charge on any atom is 0.222 e. The Hall–Kier alpha value is -0.830. The van der Waals surface area contributed by atoms with Crippen LogP contribution in [0.3, 0.4) is 0 Å². The van der Waals surface area contributed by atoms with Gasteiger partial charge >= 0.3 is 0 Å². The fourth-order valence-corrected chi connectivity index (χ4v) is 1.43. The molecule has 0 aliphatic carbocycles. The molecule has 0 N–H and O–H groups in total. The Bertz CT molecular complexity index is 438. The smallest absolute Gasteiger partial charge is 0.222 e. The van der Waals surface area contributed by atoms with Gasteiger partial charge in [-0.1, -0.05) is 48.5 Å². The van der Waals surface area contributed by atoms with Gasteiger partial charge in [-0.05, 0) is 11.6 Å². The highest BCUT2D eigenvalue weighted by molar-refractivity contribution is 6.38. The van der Waals surface area contributed by atoms with Crippen LogP contribution in [0.4, 0.5) is 0 Å². The molecule has 0 bridgehead atoms. The van der Waals surface area contributed by atoms with Crippen molar-refractivity contribution in [2.45, 2.75) is 0 Å². The van der Waals surface area contributed by atoms with Crippen molar-refractivity contribution in [2.75, 3.05) is 0 Å². The molecule has 5 heteroatoms. The predicted molar refractivity (Wildman–Crippen MR) is 65.2 cm³/mol. The summed E-state index contributed by atoms with van der Waals surface area (Å²) in [5.74, 6) is 0. The number of allylic oxidation sites excluding steroid dienone is 4. The molecule has 0 amide bonds. The van der Waals surface area contributed by atoms with Crippen LogP contribution < -0.4 is 0 Å². The predicted octanol–water partition coefficient (Wildman–Crippen LogP) is 4.11. The second-order valence-corrected chi connectivity index (χ2v) is 3.76. The second-order valence-electron chi connectivity index (χ2n) is 2.56. The Morgan fingerprint density at radius 3 is 2.60 bits per heavy atom. The number of rotatable bonds is 3. The normalized spacial score (nSPS) is 11.3. The highest BCUT2D eigenvalue weighted by Crippen LogP contribution is 2.29. The van der Waals surface area contributed by atoms with E-state index in [9.17, 15) is 0 Å². The summed E-state index contributed by atoms with van der Waals surface area (Å²) in [5.41, 5.74) is 1.01. The first-order valence-corrected chi connectivity index (χ1v) is 5.05. The molecular weight excluding hydrogens is 254 g/mol. The molecule has 0 aliphatic rings. The number of hydrogen-bond donors (Lipinski definition) is 0. The molecule has 2 nitrogen and oxygen atoms in total. The molecule has 0 unspecified atom stereocenters. The number of nitrogens with zero attached hydrogens (tertiary/aromatic N) is 2. The molecule has 0 atom stereocenters. The quantitative estimate of drug-likeness (QED) is 0.604. The van der Waals surface area contributed by atoms with E-state index in [1.165, 1.54) is 6.20 Å². The summed E-state index contributed by atoms with van der Waals surface area (Å²) < 4.78 is 0. The number of halogens is 3. The number of aromatic nitrogens is 2. The molecule has 1 rings (SSSR count). The first-order valence-electron chi connectivity index (χ1n) is 3.92. The highest BCUT2D eigenvalue weighted by atomic mass is 35.5. The van der Waals surface area contributed by atoms with Crippen molar-refractivity contribution in [1.29, 1.82) is 0 Å². The van der Waals surface area contributed by atoms with Crippen molar-refractivity contribution in [2.24, 2.45) is 0 Å². The molecule has 1 aromatic heterocycles. The van der Waals surface area contributed by atoms with Crippen molar-refractivity contribution in [1.82, 2.24) is 9.97 Å². The van der Waals surface area contributed by atoms with Gasteiger partial charge in [0.15, 0.2) is 0 Å². The Labute approximate surface area is 103 Å². The van der Waals surface area contributed by atoms with Gasteiger partial charge in [0.2, 0.25) is 5.28 Å². The van der Waals surface area contributed by atoms with Crippen LogP contribution in [0.15, 0.2) is 36.5 Å². The first-order chi connectivity index (χ1) is 7.06. The van der Waals surface area contributed by atoms with E-state index < -0.39 is 0 Å². The lowest BCUT2D eigenvalue weighted by Crippen LogP contribution is -1.93. The van der Waals surface area contributed by atoms with E-state index in [4.69, 9.17) is 34.8 Å². The Balaban J connectivity index is 3.34. The molecule has 0 aromatic carbocycles. The van der Waals surface area contributed by atoms with Gasteiger partial charge in [-0.25, -0.2) is 9.97 Å². The molecular formula is C10H7Cl3N2. The van der Waals surface area contributed by atoms with Crippen molar-refractivity contribution in [3.63, 3.8) is 0 Å². The zero-order valence-electron chi connectivity index (χ0n) is 7.67. The summed E-state index contributed by atoms with van der Waals surface area (Å²) in [6.07, 6.45) is 4.62. The van der Waals surface area contributed by atoms with Gasteiger partial charge in [0.25, 0.3) is 0 Å². The van der Waals surface area contributed by atoms with Crippen molar-refractivity contribution >= 4 is 40.4 Å². The third-order valence-electron chi connectivity index (χ3n) is 1.55. The first kappa shape index (κ1) is 12.2. The summed E-state index contributed by atoms with van der Waals surface area (Å²) in [5, 5.41) is 0.767. The van der Waals surface area contributed by atoms with Crippen molar-refractivity contribution in [3.8, 4) is 0 Å². The highest BCUT2D eigenvalue weighted by Gasteiger charge is 2.11. The number of hydrogen-bond acceptors (Lipinski definition) is 2. The summed E-state index contributed by atoms with van der Waals surface area (Å²) in [6.45, 7) is 7.17. The molecule has 1 heterocycles. The van der Waals surface area contributed by atoms with Crippen LogP contribution in [0, 0.1) is 0 Å². The van der Waals surface area contributed by atoms with E-state index in [1.54, 1.807) is 12.2 Å². The fourth-order valence-electron chi connectivity index (χ4n) is 0.950. The van der Waals surface area contributed by atoms with Gasteiger partial charge in [-0.15, -0.1) is 0 Å².